The van der Waals surface area contributed by atoms with E-state index in [4.69, 9.17) is 4.74 Å². The monoisotopic (exact) mass is 381 g/mol. The Bertz CT molecular complexity index is 740. The molecule has 2 fully saturated rings. The minimum absolute atomic E-state index is 0.0587. The number of carbonyl (C=O) groups is 1. The van der Waals surface area contributed by atoms with Crippen LogP contribution in [0.3, 0.4) is 0 Å². The van der Waals surface area contributed by atoms with Gasteiger partial charge in [0.1, 0.15) is 0 Å². The highest BCUT2D eigenvalue weighted by Gasteiger charge is 2.32. The number of amides is 1. The molecule has 3 rings (SSSR count). The quantitative estimate of drug-likeness (QED) is 0.842. The van der Waals surface area contributed by atoms with Crippen molar-refractivity contribution in [3.8, 4) is 0 Å². The summed E-state index contributed by atoms with van der Waals surface area (Å²) in [6, 6.07) is 6.39. The SMILES string of the molecule is CC1CN(S(=O)(=O)c2ccc(C(=O)N3CCNC[C@H]3C)cc2)CC(C)O1. The van der Waals surface area contributed by atoms with Crippen molar-refractivity contribution in [1.29, 1.82) is 0 Å². The van der Waals surface area contributed by atoms with Crippen LogP contribution in [0.1, 0.15) is 31.1 Å². The van der Waals surface area contributed by atoms with Crippen LogP contribution in [0.4, 0.5) is 0 Å². The van der Waals surface area contributed by atoms with Crippen LogP contribution in [0.15, 0.2) is 29.2 Å². The molecule has 0 radical (unpaired) electrons. The molecule has 0 bridgehead atoms. The summed E-state index contributed by atoms with van der Waals surface area (Å²) in [5, 5.41) is 3.25. The van der Waals surface area contributed by atoms with Crippen LogP contribution in [-0.4, -0.2) is 74.5 Å². The molecule has 2 heterocycles. The second-order valence-corrected chi connectivity index (χ2v) is 9.09. The highest BCUT2D eigenvalue weighted by molar-refractivity contribution is 7.89. The van der Waals surface area contributed by atoms with Gasteiger partial charge in [-0.25, -0.2) is 8.42 Å². The second-order valence-electron chi connectivity index (χ2n) is 7.16. The van der Waals surface area contributed by atoms with Crippen LogP contribution in [0.2, 0.25) is 0 Å². The highest BCUT2D eigenvalue weighted by atomic mass is 32.2. The lowest BCUT2D eigenvalue weighted by Gasteiger charge is -2.34. The maximum absolute atomic E-state index is 12.9. The smallest absolute Gasteiger partial charge is 0.254 e. The summed E-state index contributed by atoms with van der Waals surface area (Å²) < 4.78 is 32.8. The topological polar surface area (TPSA) is 79.0 Å². The average Bonchev–Trinajstić information content (AvgIpc) is 2.61. The van der Waals surface area contributed by atoms with E-state index in [0.29, 0.717) is 25.2 Å². The number of nitrogens with one attached hydrogen (secondary N) is 1. The number of benzene rings is 1. The Morgan fingerprint density at radius 3 is 2.31 bits per heavy atom. The fourth-order valence-electron chi connectivity index (χ4n) is 3.55. The van der Waals surface area contributed by atoms with Gasteiger partial charge in [-0.3, -0.25) is 4.79 Å². The van der Waals surface area contributed by atoms with Gasteiger partial charge in [0.15, 0.2) is 0 Å². The Morgan fingerprint density at radius 2 is 1.73 bits per heavy atom. The van der Waals surface area contributed by atoms with E-state index in [1.54, 1.807) is 12.1 Å². The van der Waals surface area contributed by atoms with Gasteiger partial charge in [0.05, 0.1) is 17.1 Å². The zero-order valence-electron chi connectivity index (χ0n) is 15.5. The molecule has 144 valence electrons. The van der Waals surface area contributed by atoms with Crippen molar-refractivity contribution in [2.45, 2.75) is 43.9 Å². The molecule has 1 amide bonds. The summed E-state index contributed by atoms with van der Waals surface area (Å²) in [7, 11) is -3.59. The molecule has 2 unspecified atom stereocenters. The number of hydrogen-bond acceptors (Lipinski definition) is 5. The molecular formula is C18H27N3O4S. The lowest BCUT2D eigenvalue weighted by atomic mass is 10.1. The number of hydrogen-bond donors (Lipinski definition) is 1. The van der Waals surface area contributed by atoms with Gasteiger partial charge in [0.25, 0.3) is 5.91 Å². The molecule has 2 saturated heterocycles. The first-order chi connectivity index (χ1) is 12.3. The maximum atomic E-state index is 12.9. The molecule has 8 heteroatoms. The molecule has 0 saturated carbocycles. The Morgan fingerprint density at radius 1 is 1.12 bits per heavy atom. The van der Waals surface area contributed by atoms with Crippen molar-refractivity contribution in [2.75, 3.05) is 32.7 Å². The van der Waals surface area contributed by atoms with Crippen molar-refractivity contribution in [1.82, 2.24) is 14.5 Å². The van der Waals surface area contributed by atoms with E-state index in [0.717, 1.165) is 13.1 Å². The van der Waals surface area contributed by atoms with E-state index in [-0.39, 0.29) is 29.1 Å². The van der Waals surface area contributed by atoms with Gasteiger partial charge in [-0.15, -0.1) is 0 Å². The molecule has 1 N–H and O–H groups in total. The number of rotatable bonds is 3. The van der Waals surface area contributed by atoms with Gasteiger partial charge in [-0.1, -0.05) is 0 Å². The average molecular weight is 381 g/mol. The van der Waals surface area contributed by atoms with Crippen LogP contribution in [0.5, 0.6) is 0 Å². The third-order valence-electron chi connectivity index (χ3n) is 4.89. The summed E-state index contributed by atoms with van der Waals surface area (Å²) in [6.07, 6.45) is -0.271. The molecule has 3 atom stereocenters. The van der Waals surface area contributed by atoms with E-state index in [1.165, 1.54) is 16.4 Å². The maximum Gasteiger partial charge on any atom is 0.254 e. The van der Waals surface area contributed by atoms with Crippen molar-refractivity contribution >= 4 is 15.9 Å². The van der Waals surface area contributed by atoms with E-state index >= 15 is 0 Å². The first-order valence-corrected chi connectivity index (χ1v) is 10.5. The number of sulfonamides is 1. The fourth-order valence-corrected chi connectivity index (χ4v) is 5.14. The third-order valence-corrected chi connectivity index (χ3v) is 6.73. The van der Waals surface area contributed by atoms with E-state index in [2.05, 4.69) is 5.32 Å². The number of morpholine rings is 1. The van der Waals surface area contributed by atoms with Crippen LogP contribution < -0.4 is 5.32 Å². The van der Waals surface area contributed by atoms with Gasteiger partial charge in [0.2, 0.25) is 10.0 Å². The molecule has 0 aromatic heterocycles. The van der Waals surface area contributed by atoms with Crippen LogP contribution in [0.25, 0.3) is 0 Å². The first-order valence-electron chi connectivity index (χ1n) is 9.06. The van der Waals surface area contributed by atoms with Gasteiger partial charge in [-0.2, -0.15) is 4.31 Å². The van der Waals surface area contributed by atoms with Crippen molar-refractivity contribution in [3.63, 3.8) is 0 Å². The summed E-state index contributed by atoms with van der Waals surface area (Å²) in [5.74, 6) is -0.0587. The molecule has 0 aliphatic carbocycles. The van der Waals surface area contributed by atoms with Gasteiger partial charge in [-0.05, 0) is 45.0 Å². The second kappa shape index (κ2) is 7.64. The number of ether oxygens (including phenoxy) is 1. The zero-order chi connectivity index (χ0) is 18.9. The van der Waals surface area contributed by atoms with E-state index in [9.17, 15) is 13.2 Å². The molecule has 0 spiro atoms. The van der Waals surface area contributed by atoms with E-state index in [1.807, 2.05) is 25.7 Å². The molecular weight excluding hydrogens is 354 g/mol. The summed E-state index contributed by atoms with van der Waals surface area (Å²) in [4.78, 5) is 14.7. The van der Waals surface area contributed by atoms with E-state index < -0.39 is 10.0 Å². The molecule has 1 aromatic rings. The Labute approximate surface area is 155 Å². The van der Waals surface area contributed by atoms with Gasteiger partial charge in [0, 0.05) is 44.3 Å². The Kier molecular flexibility index (Phi) is 5.67. The van der Waals surface area contributed by atoms with Gasteiger partial charge < -0.3 is 15.0 Å². The number of piperazine rings is 1. The molecule has 7 nitrogen and oxygen atoms in total. The lowest BCUT2D eigenvalue weighted by molar-refractivity contribution is -0.0440. The number of nitrogens with zero attached hydrogens (tertiary/aromatic N) is 2. The predicted octanol–water partition coefficient (Wildman–Crippen LogP) is 0.918. The fraction of sp³-hybridized carbons (Fsp3) is 0.611. The zero-order valence-corrected chi connectivity index (χ0v) is 16.3. The van der Waals surface area contributed by atoms with Crippen LogP contribution in [0, 0.1) is 0 Å². The summed E-state index contributed by atoms with van der Waals surface area (Å²) >= 11 is 0. The number of carbonyl (C=O) groups excluding carboxylic acids is 1. The predicted molar refractivity (Wildman–Crippen MR) is 98.6 cm³/mol. The summed E-state index contributed by atoms with van der Waals surface area (Å²) in [5.41, 5.74) is 0.515. The molecule has 2 aliphatic rings. The Balaban J connectivity index is 1.77. The standard InChI is InChI=1S/C18H27N3O4S/c1-13-10-19-8-9-21(13)18(22)16-4-6-17(7-5-16)26(23,24)20-11-14(2)25-15(3)12-20/h4-7,13-15,19H,8-12H2,1-3H3/t13-,14?,15?/m1/s1. The normalized spacial score (nSPS) is 28.1. The highest BCUT2D eigenvalue weighted by Crippen LogP contribution is 2.22. The minimum atomic E-state index is -3.59. The Hall–Kier alpha value is -1.48. The molecule has 26 heavy (non-hydrogen) atoms. The first kappa shape index (κ1) is 19.3. The van der Waals surface area contributed by atoms with Crippen molar-refractivity contribution in [2.24, 2.45) is 0 Å². The largest absolute Gasteiger partial charge is 0.373 e. The third kappa shape index (κ3) is 3.93. The minimum Gasteiger partial charge on any atom is -0.373 e. The van der Waals surface area contributed by atoms with Crippen LogP contribution in [-0.2, 0) is 14.8 Å². The van der Waals surface area contributed by atoms with Crippen molar-refractivity contribution < 1.29 is 17.9 Å². The van der Waals surface area contributed by atoms with Crippen LogP contribution >= 0.6 is 0 Å². The lowest BCUT2D eigenvalue weighted by Crippen LogP contribution is -2.52. The molecule has 2 aliphatic heterocycles. The molecule has 1 aromatic carbocycles. The van der Waals surface area contributed by atoms with Gasteiger partial charge >= 0.3 is 0 Å². The van der Waals surface area contributed by atoms with Crippen molar-refractivity contribution in [3.05, 3.63) is 29.8 Å². The summed E-state index contributed by atoms with van der Waals surface area (Å²) in [6.45, 7) is 8.62.